The maximum Gasteiger partial charge on any atom is 0.319 e. The van der Waals surface area contributed by atoms with E-state index in [4.69, 9.17) is 4.98 Å². The lowest BCUT2D eigenvalue weighted by atomic mass is 10.0. The third-order valence-corrected chi connectivity index (χ3v) is 8.15. The molecule has 4 heterocycles. The maximum absolute atomic E-state index is 14.1. The monoisotopic (exact) mass is 529 g/mol. The normalized spacial score (nSPS) is 21.3. The van der Waals surface area contributed by atoms with Gasteiger partial charge in [-0.15, -0.1) is 0 Å². The van der Waals surface area contributed by atoms with Gasteiger partial charge in [-0.3, -0.25) is 14.2 Å². The van der Waals surface area contributed by atoms with Crippen LogP contribution in [0.3, 0.4) is 0 Å². The molecule has 1 saturated carbocycles. The van der Waals surface area contributed by atoms with Gasteiger partial charge in [0.25, 0.3) is 5.56 Å². The lowest BCUT2D eigenvalue weighted by Gasteiger charge is -2.36. The van der Waals surface area contributed by atoms with Gasteiger partial charge in [0.1, 0.15) is 11.8 Å². The highest BCUT2D eigenvalue weighted by Gasteiger charge is 2.32. The van der Waals surface area contributed by atoms with E-state index < -0.39 is 0 Å². The van der Waals surface area contributed by atoms with Crippen LogP contribution < -0.4 is 16.2 Å². The number of rotatable bonds is 5. The third-order valence-electron chi connectivity index (χ3n) is 8.15. The van der Waals surface area contributed by atoms with Crippen LogP contribution in [0.1, 0.15) is 57.1 Å². The fourth-order valence-electron chi connectivity index (χ4n) is 5.79. The average molecular weight is 530 g/mol. The summed E-state index contributed by atoms with van der Waals surface area (Å²) < 4.78 is 1.76. The van der Waals surface area contributed by atoms with Crippen molar-refractivity contribution in [2.24, 2.45) is 0 Å². The van der Waals surface area contributed by atoms with E-state index in [1.165, 1.54) is 0 Å². The van der Waals surface area contributed by atoms with Crippen molar-refractivity contribution in [3.8, 4) is 11.1 Å². The van der Waals surface area contributed by atoms with Crippen LogP contribution >= 0.6 is 0 Å². The summed E-state index contributed by atoms with van der Waals surface area (Å²) in [5.41, 5.74) is 2.90. The van der Waals surface area contributed by atoms with Crippen LogP contribution in [0.2, 0.25) is 0 Å². The van der Waals surface area contributed by atoms with Crippen LogP contribution in [0.25, 0.3) is 22.2 Å². The predicted molar refractivity (Wildman–Crippen MR) is 149 cm³/mol. The van der Waals surface area contributed by atoms with Gasteiger partial charge in [-0.2, -0.15) is 4.98 Å². The molecule has 3 amide bonds. The van der Waals surface area contributed by atoms with Crippen molar-refractivity contribution in [3.05, 3.63) is 52.4 Å². The van der Waals surface area contributed by atoms with Crippen molar-refractivity contribution in [3.63, 3.8) is 0 Å². The zero-order valence-corrected chi connectivity index (χ0v) is 22.5. The van der Waals surface area contributed by atoms with Crippen LogP contribution in [0.5, 0.6) is 0 Å². The Bertz CT molecular complexity index is 1480. The number of piperidine rings is 1. The summed E-state index contributed by atoms with van der Waals surface area (Å²) in [7, 11) is 0. The number of aryl methyl sites for hydroxylation is 1. The number of nitrogens with one attached hydrogen (secondary N) is 2. The van der Waals surface area contributed by atoms with Gasteiger partial charge in [0.15, 0.2) is 0 Å². The number of hydrogen-bond acceptors (Lipinski definition) is 6. The first kappa shape index (κ1) is 25.3. The summed E-state index contributed by atoms with van der Waals surface area (Å²) in [6.07, 6.45) is 7.05. The second-order valence-corrected chi connectivity index (χ2v) is 11.0. The Balaban J connectivity index is 1.39. The number of benzene rings is 1. The molecule has 1 unspecified atom stereocenters. The molecule has 2 saturated heterocycles. The SMILES string of the molecule is CC(=O)N1CC[C@H](n2c(=O)c(-c3ccccc3C)cc3cnc(NC4CCCCN4C(=O)NC4CC4)nc32)C1. The molecular weight excluding hydrogens is 494 g/mol. The second-order valence-electron chi connectivity index (χ2n) is 11.0. The Morgan fingerprint density at radius 3 is 2.59 bits per heavy atom. The molecule has 0 spiro atoms. The topological polar surface area (TPSA) is 112 Å². The zero-order chi connectivity index (χ0) is 27.1. The van der Waals surface area contributed by atoms with Crippen LogP contribution in [-0.4, -0.2) is 68.1 Å². The number of amides is 3. The summed E-state index contributed by atoms with van der Waals surface area (Å²) in [5.74, 6) is 0.389. The molecule has 3 aliphatic rings. The molecule has 204 valence electrons. The van der Waals surface area contributed by atoms with E-state index in [-0.39, 0.29) is 35.7 Å². The van der Waals surface area contributed by atoms with Crippen LogP contribution in [0.15, 0.2) is 41.3 Å². The van der Waals surface area contributed by atoms with E-state index in [0.29, 0.717) is 43.2 Å². The molecule has 39 heavy (non-hydrogen) atoms. The molecule has 1 aliphatic carbocycles. The second kappa shape index (κ2) is 10.3. The van der Waals surface area contributed by atoms with Crippen molar-refractivity contribution in [1.82, 2.24) is 29.7 Å². The minimum atomic E-state index is -0.221. The summed E-state index contributed by atoms with van der Waals surface area (Å²) in [4.78, 5) is 52.1. The standard InChI is InChI=1S/C29H35N7O3/c1-18-7-3-4-8-23(18)24-15-20-16-30-28(32-25-9-5-6-13-35(25)29(39)31-21-10-11-21)33-26(20)36(27(24)38)22-12-14-34(17-22)19(2)37/h3-4,7-8,15-16,21-22,25H,5-6,9-14,17H2,1-2H3,(H,31,39)(H,30,32,33)/t22-,25?/m0/s1. The average Bonchev–Trinajstić information content (AvgIpc) is 3.60. The number of likely N-dealkylation sites (tertiary alicyclic amines) is 2. The molecule has 0 radical (unpaired) electrons. The Morgan fingerprint density at radius 1 is 1.03 bits per heavy atom. The molecule has 0 bridgehead atoms. The van der Waals surface area contributed by atoms with E-state index >= 15 is 0 Å². The molecule has 1 aromatic carbocycles. The third kappa shape index (κ3) is 5.07. The van der Waals surface area contributed by atoms with Gasteiger partial charge in [0.2, 0.25) is 11.9 Å². The first-order valence-electron chi connectivity index (χ1n) is 14.0. The van der Waals surface area contributed by atoms with Crippen molar-refractivity contribution in [2.45, 2.75) is 70.6 Å². The number of urea groups is 1. The number of nitrogens with zero attached hydrogens (tertiary/aromatic N) is 5. The van der Waals surface area contributed by atoms with Gasteiger partial charge in [-0.1, -0.05) is 24.3 Å². The number of carbonyl (C=O) groups excluding carboxylic acids is 2. The van der Waals surface area contributed by atoms with Crippen molar-refractivity contribution in [2.75, 3.05) is 25.0 Å². The highest BCUT2D eigenvalue weighted by atomic mass is 16.2. The number of pyridine rings is 1. The predicted octanol–water partition coefficient (Wildman–Crippen LogP) is 3.66. The number of anilines is 1. The number of aromatic nitrogens is 3. The van der Waals surface area contributed by atoms with Crippen LogP contribution in [-0.2, 0) is 4.79 Å². The molecule has 3 fully saturated rings. The quantitative estimate of drug-likeness (QED) is 0.522. The van der Waals surface area contributed by atoms with Gasteiger partial charge in [-0.25, -0.2) is 9.78 Å². The van der Waals surface area contributed by atoms with Gasteiger partial charge in [0, 0.05) is 49.7 Å². The van der Waals surface area contributed by atoms with Crippen LogP contribution in [0.4, 0.5) is 10.7 Å². The smallest absolute Gasteiger partial charge is 0.319 e. The number of fused-ring (bicyclic) bond motifs is 1. The molecule has 10 nitrogen and oxygen atoms in total. The molecule has 2 aromatic heterocycles. The molecule has 2 aliphatic heterocycles. The first-order chi connectivity index (χ1) is 18.9. The molecule has 3 aromatic rings. The summed E-state index contributed by atoms with van der Waals surface area (Å²) >= 11 is 0. The molecule has 2 N–H and O–H groups in total. The number of hydrogen-bond donors (Lipinski definition) is 2. The Hall–Kier alpha value is -3.95. The summed E-state index contributed by atoms with van der Waals surface area (Å²) in [5, 5.41) is 7.23. The lowest BCUT2D eigenvalue weighted by Crippen LogP contribution is -2.52. The minimum absolute atomic E-state index is 0.00348. The Labute approximate surface area is 227 Å². The first-order valence-corrected chi connectivity index (χ1v) is 14.0. The summed E-state index contributed by atoms with van der Waals surface area (Å²) in [6.45, 7) is 5.30. The fourth-order valence-corrected chi connectivity index (χ4v) is 5.79. The molecule has 6 rings (SSSR count). The lowest BCUT2D eigenvalue weighted by molar-refractivity contribution is -0.127. The van der Waals surface area contributed by atoms with E-state index in [2.05, 4.69) is 15.6 Å². The minimum Gasteiger partial charge on any atom is -0.341 e. The Kier molecular flexibility index (Phi) is 6.70. The van der Waals surface area contributed by atoms with Gasteiger partial charge < -0.3 is 20.4 Å². The van der Waals surface area contributed by atoms with E-state index in [1.54, 1.807) is 22.6 Å². The maximum atomic E-state index is 14.1. The number of carbonyl (C=O) groups is 2. The van der Waals surface area contributed by atoms with Crippen molar-refractivity contribution in [1.29, 1.82) is 0 Å². The molecule has 2 atom stereocenters. The van der Waals surface area contributed by atoms with Gasteiger partial charge in [0.05, 0.1) is 6.04 Å². The van der Waals surface area contributed by atoms with Crippen molar-refractivity contribution >= 4 is 28.9 Å². The van der Waals surface area contributed by atoms with E-state index in [9.17, 15) is 14.4 Å². The van der Waals surface area contributed by atoms with Gasteiger partial charge >= 0.3 is 6.03 Å². The highest BCUT2D eigenvalue weighted by Crippen LogP contribution is 2.29. The largest absolute Gasteiger partial charge is 0.341 e. The van der Waals surface area contributed by atoms with Crippen LogP contribution in [0, 0.1) is 6.92 Å². The molecular formula is C29H35N7O3. The Morgan fingerprint density at radius 2 is 1.85 bits per heavy atom. The van der Waals surface area contributed by atoms with Crippen molar-refractivity contribution < 1.29 is 9.59 Å². The zero-order valence-electron chi connectivity index (χ0n) is 22.5. The highest BCUT2D eigenvalue weighted by molar-refractivity contribution is 5.83. The van der Waals surface area contributed by atoms with E-state index in [0.717, 1.165) is 48.6 Å². The molecule has 10 heteroatoms. The fraction of sp³-hybridized carbons (Fsp3) is 0.483. The summed E-state index contributed by atoms with van der Waals surface area (Å²) in [6, 6.07) is 9.76. The van der Waals surface area contributed by atoms with E-state index in [1.807, 2.05) is 42.2 Å². The van der Waals surface area contributed by atoms with Gasteiger partial charge in [-0.05, 0) is 62.6 Å².